The fraction of sp³-hybridized carbons (Fsp3) is 0.353. The third-order valence-electron chi connectivity index (χ3n) is 3.95. The minimum absolute atomic E-state index is 0.00643. The Morgan fingerprint density at radius 2 is 2.00 bits per heavy atom. The van der Waals surface area contributed by atoms with Crippen molar-refractivity contribution in [1.29, 1.82) is 0 Å². The number of aliphatic hydroxyl groups is 1. The molecule has 0 spiro atoms. The van der Waals surface area contributed by atoms with Gasteiger partial charge in [-0.25, -0.2) is 0 Å². The molecule has 2 atom stereocenters. The summed E-state index contributed by atoms with van der Waals surface area (Å²) >= 11 is 6.09. The van der Waals surface area contributed by atoms with Gasteiger partial charge in [0.2, 0.25) is 0 Å². The maximum atomic E-state index is 13.1. The van der Waals surface area contributed by atoms with Gasteiger partial charge in [0.25, 0.3) is 0 Å². The van der Waals surface area contributed by atoms with Gasteiger partial charge >= 0.3 is 6.18 Å². The molecule has 2 unspecified atom stereocenters. The van der Waals surface area contributed by atoms with Crippen LogP contribution in [0.3, 0.4) is 0 Å². The standard InChI is InChI=1S/C17H16ClF3N2O2/c18-13-8-12(17(19,20)21)10-23-15(25-7-6-24)9-14(22-16(13)23)11-4-2-1-3-5-11/h1-5,8,10,14-15,24H,6-7,9H2. The van der Waals surface area contributed by atoms with Crippen LogP contribution in [0.5, 0.6) is 0 Å². The number of hydrogen-bond acceptors (Lipinski definition) is 4. The van der Waals surface area contributed by atoms with Crippen molar-refractivity contribution in [2.24, 2.45) is 4.99 Å². The van der Waals surface area contributed by atoms with Gasteiger partial charge in [-0.1, -0.05) is 41.9 Å². The summed E-state index contributed by atoms with van der Waals surface area (Å²) in [6.45, 7) is -0.223. The molecular weight excluding hydrogens is 357 g/mol. The first-order valence-corrected chi connectivity index (χ1v) is 8.08. The van der Waals surface area contributed by atoms with Gasteiger partial charge in [-0.2, -0.15) is 13.2 Å². The highest BCUT2D eigenvalue weighted by Crippen LogP contribution is 2.38. The van der Waals surface area contributed by atoms with E-state index >= 15 is 0 Å². The summed E-state index contributed by atoms with van der Waals surface area (Å²) in [6.07, 6.45) is -3.06. The van der Waals surface area contributed by atoms with Crippen LogP contribution in [0.25, 0.3) is 0 Å². The fourth-order valence-electron chi connectivity index (χ4n) is 2.80. The van der Waals surface area contributed by atoms with E-state index in [1.165, 1.54) is 4.90 Å². The molecule has 4 nitrogen and oxygen atoms in total. The van der Waals surface area contributed by atoms with E-state index in [1.807, 2.05) is 30.3 Å². The van der Waals surface area contributed by atoms with Gasteiger partial charge in [0.15, 0.2) is 0 Å². The van der Waals surface area contributed by atoms with Gasteiger partial charge in [-0.05, 0) is 11.6 Å². The zero-order chi connectivity index (χ0) is 18.0. The Labute approximate surface area is 147 Å². The Kier molecular flexibility index (Phi) is 5.17. The molecule has 0 aliphatic carbocycles. The highest BCUT2D eigenvalue weighted by atomic mass is 35.5. The van der Waals surface area contributed by atoms with E-state index in [0.717, 1.165) is 17.8 Å². The summed E-state index contributed by atoms with van der Waals surface area (Å²) in [5.41, 5.74) is 0.0505. The molecule has 0 radical (unpaired) electrons. The molecular formula is C17H16ClF3N2O2. The van der Waals surface area contributed by atoms with E-state index in [1.54, 1.807) is 0 Å². The molecule has 25 heavy (non-hydrogen) atoms. The van der Waals surface area contributed by atoms with Crippen molar-refractivity contribution < 1.29 is 23.0 Å². The van der Waals surface area contributed by atoms with Gasteiger partial charge in [-0.15, -0.1) is 0 Å². The largest absolute Gasteiger partial charge is 0.417 e. The van der Waals surface area contributed by atoms with Crippen LogP contribution in [0.2, 0.25) is 0 Å². The van der Waals surface area contributed by atoms with Crippen LogP contribution in [0.4, 0.5) is 13.2 Å². The second-order valence-electron chi connectivity index (χ2n) is 5.65. The molecule has 0 saturated carbocycles. The number of hydrogen-bond donors (Lipinski definition) is 1. The van der Waals surface area contributed by atoms with Crippen molar-refractivity contribution >= 4 is 17.4 Å². The molecule has 3 rings (SSSR count). The third-order valence-corrected chi connectivity index (χ3v) is 4.22. The molecule has 0 amide bonds. The van der Waals surface area contributed by atoms with E-state index in [-0.39, 0.29) is 30.1 Å². The monoisotopic (exact) mass is 372 g/mol. The lowest BCUT2D eigenvalue weighted by Crippen LogP contribution is -2.45. The predicted octanol–water partition coefficient (Wildman–Crippen LogP) is 3.75. The van der Waals surface area contributed by atoms with Crippen LogP contribution in [0, 0.1) is 0 Å². The number of rotatable bonds is 4. The number of aliphatic hydroxyl groups excluding tert-OH is 1. The number of amidine groups is 1. The van der Waals surface area contributed by atoms with Crippen molar-refractivity contribution in [3.63, 3.8) is 0 Å². The molecule has 0 saturated heterocycles. The first-order chi connectivity index (χ1) is 11.9. The van der Waals surface area contributed by atoms with Crippen LogP contribution in [-0.2, 0) is 4.74 Å². The molecule has 1 N–H and O–H groups in total. The zero-order valence-electron chi connectivity index (χ0n) is 13.1. The Morgan fingerprint density at radius 1 is 1.28 bits per heavy atom. The number of alkyl halides is 3. The van der Waals surface area contributed by atoms with Crippen molar-refractivity contribution in [3.05, 3.63) is 58.8 Å². The van der Waals surface area contributed by atoms with Crippen molar-refractivity contribution in [2.45, 2.75) is 24.9 Å². The average molecular weight is 373 g/mol. The number of allylic oxidation sites excluding steroid dienone is 2. The van der Waals surface area contributed by atoms with E-state index in [4.69, 9.17) is 21.4 Å². The molecule has 2 heterocycles. The molecule has 134 valence electrons. The van der Waals surface area contributed by atoms with E-state index in [9.17, 15) is 13.2 Å². The summed E-state index contributed by atoms with van der Waals surface area (Å²) in [6, 6.07) is 9.10. The van der Waals surface area contributed by atoms with Crippen molar-refractivity contribution in [3.8, 4) is 0 Å². The molecule has 0 fully saturated rings. The first-order valence-electron chi connectivity index (χ1n) is 7.70. The average Bonchev–Trinajstić information content (AvgIpc) is 2.59. The summed E-state index contributed by atoms with van der Waals surface area (Å²) in [7, 11) is 0. The molecule has 8 heteroatoms. The van der Waals surface area contributed by atoms with Crippen molar-refractivity contribution in [1.82, 2.24) is 4.90 Å². The number of ether oxygens (including phenoxy) is 1. The number of benzene rings is 1. The van der Waals surface area contributed by atoms with E-state index in [2.05, 4.69) is 4.99 Å². The minimum Gasteiger partial charge on any atom is -0.394 e. The van der Waals surface area contributed by atoms with Crippen LogP contribution in [0.15, 0.2) is 58.2 Å². The van der Waals surface area contributed by atoms with Crippen LogP contribution in [-0.4, -0.2) is 41.5 Å². The smallest absolute Gasteiger partial charge is 0.394 e. The van der Waals surface area contributed by atoms with Crippen LogP contribution in [0.1, 0.15) is 18.0 Å². The topological polar surface area (TPSA) is 45.1 Å². The first kappa shape index (κ1) is 18.0. The van der Waals surface area contributed by atoms with E-state index < -0.39 is 18.0 Å². The summed E-state index contributed by atoms with van der Waals surface area (Å²) < 4.78 is 44.8. The zero-order valence-corrected chi connectivity index (χ0v) is 13.8. The summed E-state index contributed by atoms with van der Waals surface area (Å²) in [5.74, 6) is 0.234. The molecule has 1 aromatic carbocycles. The minimum atomic E-state index is -4.52. The summed E-state index contributed by atoms with van der Waals surface area (Å²) in [5, 5.41) is 8.91. The van der Waals surface area contributed by atoms with Crippen LogP contribution >= 0.6 is 11.6 Å². The highest BCUT2D eigenvalue weighted by Gasteiger charge is 2.40. The quantitative estimate of drug-likeness (QED) is 0.875. The molecule has 1 aromatic rings. The third kappa shape index (κ3) is 3.89. The Bertz CT molecular complexity index is 716. The SMILES string of the molecule is OCCOC1CC(c2ccccc2)N=C2C(Cl)=CC(C(F)(F)F)=CN21. The Hall–Kier alpha value is -1.83. The lowest BCUT2D eigenvalue weighted by atomic mass is 10.00. The number of aliphatic imine (C=N–C) groups is 1. The maximum Gasteiger partial charge on any atom is 0.417 e. The van der Waals surface area contributed by atoms with Crippen LogP contribution < -0.4 is 0 Å². The van der Waals surface area contributed by atoms with E-state index in [0.29, 0.717) is 6.42 Å². The molecule has 0 bridgehead atoms. The number of nitrogens with zero attached hydrogens (tertiary/aromatic N) is 2. The molecule has 2 aliphatic rings. The lowest BCUT2D eigenvalue weighted by molar-refractivity contribution is -0.0913. The Morgan fingerprint density at radius 3 is 2.64 bits per heavy atom. The highest BCUT2D eigenvalue weighted by molar-refractivity contribution is 6.43. The summed E-state index contributed by atoms with van der Waals surface area (Å²) in [4.78, 5) is 5.81. The predicted molar refractivity (Wildman–Crippen MR) is 88.0 cm³/mol. The van der Waals surface area contributed by atoms with Crippen molar-refractivity contribution in [2.75, 3.05) is 13.2 Å². The molecule has 0 aromatic heterocycles. The fourth-order valence-corrected chi connectivity index (χ4v) is 3.07. The van der Waals surface area contributed by atoms with Gasteiger partial charge in [-0.3, -0.25) is 4.99 Å². The molecule has 2 aliphatic heterocycles. The van der Waals surface area contributed by atoms with Gasteiger partial charge in [0, 0.05) is 12.6 Å². The van der Waals surface area contributed by atoms with Gasteiger partial charge in [0.1, 0.15) is 12.1 Å². The van der Waals surface area contributed by atoms with Gasteiger partial charge in [0.05, 0.1) is 29.9 Å². The maximum absolute atomic E-state index is 13.1. The second-order valence-corrected chi connectivity index (χ2v) is 6.05. The number of fused-ring (bicyclic) bond motifs is 1. The lowest BCUT2D eigenvalue weighted by Gasteiger charge is -2.39. The Balaban J connectivity index is 1.99. The van der Waals surface area contributed by atoms with Gasteiger partial charge < -0.3 is 14.7 Å². The number of halogens is 4. The normalized spacial score (nSPS) is 23.6. The second kappa shape index (κ2) is 7.19.